The molecule has 0 atom stereocenters. The molecule has 11 aromatic carbocycles. The molecule has 0 unspecified atom stereocenters. The Morgan fingerprint density at radius 2 is 0.844 bits per heavy atom. The van der Waals surface area contributed by atoms with Crippen molar-refractivity contribution in [2.45, 2.75) is 0 Å². The molecule has 17 rings (SSSR count). The molecule has 8 heteroatoms. The third-order valence-electron chi connectivity index (χ3n) is 15.5. The van der Waals surface area contributed by atoms with Crippen LogP contribution in [-0.2, 0) is 0 Å². The van der Waals surface area contributed by atoms with Crippen molar-refractivity contribution in [3.05, 3.63) is 231 Å². The molecule has 17 aromatic rings. The molecule has 0 spiro atoms. The predicted octanol–water partition coefficient (Wildman–Crippen LogP) is 19.4. The van der Waals surface area contributed by atoms with Crippen molar-refractivity contribution in [3.8, 4) is 62.1 Å². The summed E-state index contributed by atoms with van der Waals surface area (Å²) in [6.45, 7) is 0. The Kier molecular flexibility index (Phi) is 8.87. The number of furan rings is 3. The molecule has 0 bridgehead atoms. The van der Waals surface area contributed by atoms with Gasteiger partial charge >= 0.3 is 0 Å². The van der Waals surface area contributed by atoms with Gasteiger partial charge in [0.1, 0.15) is 33.5 Å². The summed E-state index contributed by atoms with van der Waals surface area (Å²) >= 11 is 1.78. The Morgan fingerprint density at radius 1 is 0.299 bits per heavy atom. The van der Waals surface area contributed by atoms with Gasteiger partial charge in [-0.05, 0) is 102 Å². The van der Waals surface area contributed by atoms with E-state index >= 15 is 0 Å². The largest absolute Gasteiger partial charge is 0.456 e. The molecule has 0 N–H and O–H groups in total. The van der Waals surface area contributed by atoms with Gasteiger partial charge in [-0.1, -0.05) is 146 Å². The maximum atomic E-state index is 6.67. The van der Waals surface area contributed by atoms with Gasteiger partial charge in [-0.2, -0.15) is 0 Å². The number of fused-ring (bicyclic) bond motifs is 15. The van der Waals surface area contributed by atoms with Crippen molar-refractivity contribution >= 4 is 119 Å². The highest BCUT2D eigenvalue weighted by atomic mass is 32.1. The second-order valence-corrected chi connectivity index (χ2v) is 20.9. The van der Waals surface area contributed by atoms with Gasteiger partial charge in [-0.25, -0.2) is 15.0 Å². The fourth-order valence-electron chi connectivity index (χ4n) is 12.0. The van der Waals surface area contributed by atoms with E-state index in [4.69, 9.17) is 28.2 Å². The zero-order chi connectivity index (χ0) is 50.3. The first kappa shape index (κ1) is 42.2. The minimum atomic E-state index is 0.554. The Bertz CT molecular complexity index is 5310. The van der Waals surface area contributed by atoms with Crippen LogP contribution in [0.15, 0.2) is 244 Å². The van der Waals surface area contributed by atoms with Gasteiger partial charge in [0.05, 0.1) is 11.0 Å². The van der Waals surface area contributed by atoms with Gasteiger partial charge in [0, 0.05) is 91.2 Å². The molecule has 0 radical (unpaired) electrons. The van der Waals surface area contributed by atoms with Gasteiger partial charge in [0.2, 0.25) is 0 Å². The third-order valence-corrected chi connectivity index (χ3v) is 16.6. The molecule has 6 aromatic heterocycles. The summed E-state index contributed by atoms with van der Waals surface area (Å²) in [7, 11) is 0. The monoisotopic (exact) mass is 1000 g/mol. The summed E-state index contributed by atoms with van der Waals surface area (Å²) in [5.74, 6) is 1.70. The molecule has 6 heterocycles. The van der Waals surface area contributed by atoms with Crippen LogP contribution in [0.3, 0.4) is 0 Å². The lowest BCUT2D eigenvalue weighted by Crippen LogP contribution is -2.00. The number of benzene rings is 11. The van der Waals surface area contributed by atoms with E-state index in [1.165, 1.54) is 25.6 Å². The van der Waals surface area contributed by atoms with Crippen molar-refractivity contribution in [1.29, 1.82) is 0 Å². The zero-order valence-corrected chi connectivity index (χ0v) is 41.7. The molecule has 0 saturated heterocycles. The molecule has 0 aliphatic heterocycles. The van der Waals surface area contributed by atoms with E-state index in [-0.39, 0.29) is 0 Å². The molecule has 0 saturated carbocycles. The molecule has 77 heavy (non-hydrogen) atoms. The number of hydrogen-bond acceptors (Lipinski definition) is 7. The quantitative estimate of drug-likeness (QED) is 0.165. The summed E-state index contributed by atoms with van der Waals surface area (Å²) in [6, 6.07) is 81.0. The maximum Gasteiger partial charge on any atom is 0.164 e. The molecular weight excluding hydrogens is 965 g/mol. The lowest BCUT2D eigenvalue weighted by Gasteiger charge is -2.11. The van der Waals surface area contributed by atoms with E-state index in [2.05, 4.69) is 187 Å². The zero-order valence-electron chi connectivity index (χ0n) is 40.9. The van der Waals surface area contributed by atoms with Gasteiger partial charge in [-0.15, -0.1) is 11.3 Å². The first-order chi connectivity index (χ1) is 38.1. The van der Waals surface area contributed by atoms with Crippen LogP contribution in [0.25, 0.3) is 170 Å². The number of para-hydroxylation sites is 4. The Labute approximate surface area is 442 Å². The van der Waals surface area contributed by atoms with E-state index < -0.39 is 0 Å². The number of nitrogens with zero attached hydrogens (tertiary/aromatic N) is 4. The van der Waals surface area contributed by atoms with Gasteiger partial charge in [-0.3, -0.25) is 0 Å². The second-order valence-electron chi connectivity index (χ2n) is 19.8. The van der Waals surface area contributed by atoms with Crippen LogP contribution in [0.1, 0.15) is 0 Å². The van der Waals surface area contributed by atoms with Crippen molar-refractivity contribution in [2.24, 2.45) is 0 Å². The first-order valence-electron chi connectivity index (χ1n) is 25.7. The smallest absolute Gasteiger partial charge is 0.164 e. The van der Waals surface area contributed by atoms with Crippen molar-refractivity contribution in [2.75, 3.05) is 0 Å². The lowest BCUT2D eigenvalue weighted by molar-refractivity contribution is 0.668. The van der Waals surface area contributed by atoms with E-state index in [0.29, 0.717) is 17.5 Å². The predicted molar refractivity (Wildman–Crippen MR) is 316 cm³/mol. The second kappa shape index (κ2) is 16.2. The molecule has 358 valence electrons. The molecule has 0 aliphatic rings. The van der Waals surface area contributed by atoms with Crippen LogP contribution in [0.5, 0.6) is 0 Å². The summed E-state index contributed by atoms with van der Waals surface area (Å²) < 4.78 is 24.3. The average molecular weight is 1000 g/mol. The SMILES string of the molecule is c1ccc2c(c1)oc1cc(-c3nc(-c4cccc5oc6ccc(-c7ccc8c(c7)c7ccccc7n8-c7ccc(-c8cccc9c8oc8ccccc89)cc7)cc6c45)nc(-c4cccc5sc6ccccc6c45)n3)ccc12. The normalized spacial score (nSPS) is 12.2. The lowest BCUT2D eigenvalue weighted by atomic mass is 9.99. The van der Waals surface area contributed by atoms with Gasteiger partial charge < -0.3 is 17.8 Å². The van der Waals surface area contributed by atoms with Crippen molar-refractivity contribution < 1.29 is 13.3 Å². The standard InChI is InChI=1S/C69H38N4O3S/c1-5-20-55-45(12-1)53-36-40(29-34-56(53)73(55)43-31-26-39(27-32-43)44-16-9-17-49-47-14-3-7-22-58(47)76-66(44)49)41-30-35-59-54(37-41)64-51(18-10-23-60(64)74-59)68-70-67(42-28-33-48-46-13-2-6-21-57(46)75-61(48)38-42)71-69(72-68)52-19-11-25-63-65(52)50-15-4-8-24-62(50)77-63/h1-38H. The highest BCUT2D eigenvalue weighted by Crippen LogP contribution is 2.44. The molecule has 0 aliphatic carbocycles. The molecule has 7 nitrogen and oxygen atoms in total. The fourth-order valence-corrected chi connectivity index (χ4v) is 13.1. The molecule has 0 fully saturated rings. The number of thiophene rings is 1. The first-order valence-corrected chi connectivity index (χ1v) is 26.5. The van der Waals surface area contributed by atoms with Crippen LogP contribution < -0.4 is 0 Å². The van der Waals surface area contributed by atoms with Crippen LogP contribution in [0.4, 0.5) is 0 Å². The summed E-state index contributed by atoms with van der Waals surface area (Å²) in [5, 5.41) is 11.0. The Balaban J connectivity index is 0.803. The average Bonchev–Trinajstić information content (AvgIpc) is 4.36. The minimum absolute atomic E-state index is 0.554. The topological polar surface area (TPSA) is 83.0 Å². The van der Waals surface area contributed by atoms with Crippen LogP contribution in [0.2, 0.25) is 0 Å². The maximum absolute atomic E-state index is 6.67. The molecule has 0 amide bonds. The van der Waals surface area contributed by atoms with E-state index in [1.54, 1.807) is 11.3 Å². The number of rotatable bonds is 6. The van der Waals surface area contributed by atoms with Crippen molar-refractivity contribution in [3.63, 3.8) is 0 Å². The van der Waals surface area contributed by atoms with Gasteiger partial charge in [0.15, 0.2) is 17.5 Å². The Hall–Kier alpha value is -10.2. The highest BCUT2D eigenvalue weighted by Gasteiger charge is 2.22. The van der Waals surface area contributed by atoms with Crippen molar-refractivity contribution in [1.82, 2.24) is 19.5 Å². The third kappa shape index (κ3) is 6.40. The van der Waals surface area contributed by atoms with Crippen LogP contribution in [0, 0.1) is 0 Å². The Morgan fingerprint density at radius 3 is 1.69 bits per heavy atom. The van der Waals surface area contributed by atoms with E-state index in [9.17, 15) is 0 Å². The van der Waals surface area contributed by atoms with E-state index in [1.807, 2.05) is 48.5 Å². The summed E-state index contributed by atoms with van der Waals surface area (Å²) in [4.78, 5) is 16.0. The minimum Gasteiger partial charge on any atom is -0.456 e. The van der Waals surface area contributed by atoms with Crippen LogP contribution in [-0.4, -0.2) is 19.5 Å². The molecular formula is C69H38N4O3S. The number of hydrogen-bond donors (Lipinski definition) is 0. The highest BCUT2D eigenvalue weighted by molar-refractivity contribution is 7.25. The van der Waals surface area contributed by atoms with Gasteiger partial charge in [0.25, 0.3) is 0 Å². The van der Waals surface area contributed by atoms with E-state index in [0.717, 1.165) is 127 Å². The van der Waals surface area contributed by atoms with Crippen LogP contribution >= 0.6 is 11.3 Å². The number of aromatic nitrogens is 4. The summed E-state index contributed by atoms with van der Waals surface area (Å²) in [6.07, 6.45) is 0. The summed E-state index contributed by atoms with van der Waals surface area (Å²) in [5.41, 5.74) is 15.3. The fraction of sp³-hybridized carbons (Fsp3) is 0.